The summed E-state index contributed by atoms with van der Waals surface area (Å²) in [5.74, 6) is 3.28. The fourth-order valence-electron chi connectivity index (χ4n) is 4.31. The molecule has 0 fully saturated rings. The average Bonchev–Trinajstić information content (AvgIpc) is 2.91. The van der Waals surface area contributed by atoms with Crippen LogP contribution >= 0.6 is 0 Å². The molecular weight excluding hydrogens is 446 g/mol. The summed E-state index contributed by atoms with van der Waals surface area (Å²) < 4.78 is 28.4. The molecule has 4 rings (SSSR count). The summed E-state index contributed by atoms with van der Waals surface area (Å²) in [6.07, 6.45) is 0.0426. The molecule has 35 heavy (non-hydrogen) atoms. The third-order valence-electron chi connectivity index (χ3n) is 6.16. The molecule has 2 atom stereocenters. The lowest BCUT2D eigenvalue weighted by Gasteiger charge is -2.38. The van der Waals surface area contributed by atoms with Crippen LogP contribution in [0.25, 0.3) is 0 Å². The van der Waals surface area contributed by atoms with E-state index in [2.05, 4.69) is 0 Å². The second kappa shape index (κ2) is 11.0. The van der Waals surface area contributed by atoms with Gasteiger partial charge in [-0.2, -0.15) is 0 Å². The van der Waals surface area contributed by atoms with Gasteiger partial charge in [-0.1, -0.05) is 18.2 Å². The van der Waals surface area contributed by atoms with Gasteiger partial charge in [-0.25, -0.2) is 0 Å². The Morgan fingerprint density at radius 2 is 1.54 bits per heavy atom. The summed E-state index contributed by atoms with van der Waals surface area (Å²) in [7, 11) is 4.85. The summed E-state index contributed by atoms with van der Waals surface area (Å²) >= 11 is 0. The van der Waals surface area contributed by atoms with Gasteiger partial charge in [0.25, 0.3) is 5.91 Å². The molecule has 1 aliphatic heterocycles. The summed E-state index contributed by atoms with van der Waals surface area (Å²) in [4.78, 5) is 15.4. The third-order valence-corrected chi connectivity index (χ3v) is 6.16. The van der Waals surface area contributed by atoms with E-state index in [9.17, 15) is 4.79 Å². The molecular formula is C28H31NO6. The molecule has 1 aliphatic rings. The van der Waals surface area contributed by atoms with Gasteiger partial charge in [-0.15, -0.1) is 0 Å². The van der Waals surface area contributed by atoms with E-state index in [1.165, 1.54) is 0 Å². The molecule has 7 nitrogen and oxygen atoms in total. The van der Waals surface area contributed by atoms with Crippen LogP contribution in [0.5, 0.6) is 28.7 Å². The molecule has 0 bridgehead atoms. The standard InChI is InChI=1S/C28H31NO6/c1-19(35-23-8-6-5-7-9-23)28(30)29-15-14-20-16-26(32-3)27(33-4)17-24(20)25(29)18-34-22-12-10-21(31-2)11-13-22/h5-13,16-17,19,25H,14-15,18H2,1-4H3/t19-,25-/m1/s1. The van der Waals surface area contributed by atoms with E-state index in [-0.39, 0.29) is 18.6 Å². The van der Waals surface area contributed by atoms with Crippen LogP contribution in [0, 0.1) is 0 Å². The zero-order valence-corrected chi connectivity index (χ0v) is 20.5. The monoisotopic (exact) mass is 477 g/mol. The summed E-state index contributed by atoms with van der Waals surface area (Å²) in [5.41, 5.74) is 2.08. The summed E-state index contributed by atoms with van der Waals surface area (Å²) in [6, 6.07) is 20.4. The van der Waals surface area contributed by atoms with Gasteiger partial charge in [0.15, 0.2) is 17.6 Å². The zero-order chi connectivity index (χ0) is 24.8. The van der Waals surface area contributed by atoms with E-state index in [1.54, 1.807) is 28.3 Å². The molecule has 0 unspecified atom stereocenters. The van der Waals surface area contributed by atoms with Gasteiger partial charge in [0.2, 0.25) is 0 Å². The Morgan fingerprint density at radius 3 is 2.20 bits per heavy atom. The van der Waals surface area contributed by atoms with Crippen molar-refractivity contribution in [3.63, 3.8) is 0 Å². The Balaban J connectivity index is 1.62. The van der Waals surface area contributed by atoms with Crippen LogP contribution in [-0.2, 0) is 11.2 Å². The van der Waals surface area contributed by atoms with Crippen molar-refractivity contribution < 1.29 is 28.5 Å². The highest BCUT2D eigenvalue weighted by atomic mass is 16.5. The highest BCUT2D eigenvalue weighted by molar-refractivity contribution is 5.82. The number of carbonyl (C=O) groups is 1. The first kappa shape index (κ1) is 24.3. The van der Waals surface area contributed by atoms with Crippen molar-refractivity contribution in [1.29, 1.82) is 0 Å². The topological polar surface area (TPSA) is 66.5 Å². The predicted octanol–water partition coefficient (Wildman–Crippen LogP) is 4.68. The summed E-state index contributed by atoms with van der Waals surface area (Å²) in [6.45, 7) is 2.60. The first-order chi connectivity index (χ1) is 17.0. The summed E-state index contributed by atoms with van der Waals surface area (Å²) in [5, 5.41) is 0. The third kappa shape index (κ3) is 5.45. The smallest absolute Gasteiger partial charge is 0.263 e. The average molecular weight is 478 g/mol. The highest BCUT2D eigenvalue weighted by Crippen LogP contribution is 2.39. The van der Waals surface area contributed by atoms with Crippen LogP contribution in [0.15, 0.2) is 66.7 Å². The fourth-order valence-corrected chi connectivity index (χ4v) is 4.31. The molecule has 1 heterocycles. The molecule has 0 saturated heterocycles. The van der Waals surface area contributed by atoms with E-state index < -0.39 is 6.10 Å². The van der Waals surface area contributed by atoms with Crippen LogP contribution in [0.2, 0.25) is 0 Å². The highest BCUT2D eigenvalue weighted by Gasteiger charge is 2.35. The second-order valence-corrected chi connectivity index (χ2v) is 8.26. The van der Waals surface area contributed by atoms with Crippen molar-refractivity contribution in [3.05, 3.63) is 77.9 Å². The second-order valence-electron chi connectivity index (χ2n) is 8.26. The minimum Gasteiger partial charge on any atom is -0.497 e. The SMILES string of the molecule is COc1ccc(OC[C@@H]2c3cc(OC)c(OC)cc3CCN2C(=O)[C@@H](C)Oc2ccccc2)cc1. The maximum atomic E-state index is 13.6. The van der Waals surface area contributed by atoms with E-state index >= 15 is 0 Å². The quantitative estimate of drug-likeness (QED) is 0.446. The lowest BCUT2D eigenvalue weighted by Crippen LogP contribution is -2.47. The molecule has 1 amide bonds. The number of hydrogen-bond acceptors (Lipinski definition) is 6. The molecule has 3 aromatic carbocycles. The number of hydrogen-bond donors (Lipinski definition) is 0. The molecule has 0 aliphatic carbocycles. The molecule has 184 valence electrons. The van der Waals surface area contributed by atoms with Gasteiger partial charge < -0.3 is 28.6 Å². The van der Waals surface area contributed by atoms with Gasteiger partial charge in [-0.3, -0.25) is 4.79 Å². The number of fused-ring (bicyclic) bond motifs is 1. The number of nitrogens with zero attached hydrogens (tertiary/aromatic N) is 1. The Morgan fingerprint density at radius 1 is 0.886 bits per heavy atom. The molecule has 0 spiro atoms. The van der Waals surface area contributed by atoms with Crippen molar-refractivity contribution in [2.45, 2.75) is 25.5 Å². The Kier molecular flexibility index (Phi) is 7.65. The van der Waals surface area contributed by atoms with Gasteiger partial charge in [0.05, 0.1) is 27.4 Å². The number of carbonyl (C=O) groups excluding carboxylic acids is 1. The van der Waals surface area contributed by atoms with E-state index in [1.807, 2.05) is 71.6 Å². The van der Waals surface area contributed by atoms with E-state index in [0.717, 1.165) is 16.9 Å². The van der Waals surface area contributed by atoms with Crippen LogP contribution in [0.1, 0.15) is 24.1 Å². The minimum absolute atomic E-state index is 0.0994. The molecule has 3 aromatic rings. The Bertz CT molecular complexity index is 1130. The van der Waals surface area contributed by atoms with Crippen molar-refractivity contribution in [1.82, 2.24) is 4.90 Å². The molecule has 0 saturated carbocycles. The predicted molar refractivity (Wildman–Crippen MR) is 133 cm³/mol. The van der Waals surface area contributed by atoms with Crippen molar-refractivity contribution in [2.75, 3.05) is 34.5 Å². The first-order valence-electron chi connectivity index (χ1n) is 11.6. The molecule has 0 radical (unpaired) electrons. The lowest BCUT2D eigenvalue weighted by atomic mass is 9.91. The fraction of sp³-hybridized carbons (Fsp3) is 0.321. The van der Waals surface area contributed by atoms with Crippen molar-refractivity contribution in [2.24, 2.45) is 0 Å². The Labute approximate surface area is 206 Å². The van der Waals surface area contributed by atoms with E-state index in [4.69, 9.17) is 23.7 Å². The lowest BCUT2D eigenvalue weighted by molar-refractivity contribution is -0.141. The largest absolute Gasteiger partial charge is 0.497 e. The van der Waals surface area contributed by atoms with Crippen LogP contribution < -0.4 is 23.7 Å². The molecule has 0 N–H and O–H groups in total. The maximum absolute atomic E-state index is 13.6. The molecule has 0 aromatic heterocycles. The number of ether oxygens (including phenoxy) is 5. The van der Waals surface area contributed by atoms with Crippen LogP contribution in [-0.4, -0.2) is 51.4 Å². The van der Waals surface area contributed by atoms with Crippen LogP contribution in [0.4, 0.5) is 0 Å². The zero-order valence-electron chi connectivity index (χ0n) is 20.5. The minimum atomic E-state index is -0.650. The number of benzene rings is 3. The molecule has 7 heteroatoms. The van der Waals surface area contributed by atoms with Crippen molar-refractivity contribution in [3.8, 4) is 28.7 Å². The first-order valence-corrected chi connectivity index (χ1v) is 11.6. The number of amides is 1. The van der Waals surface area contributed by atoms with Gasteiger partial charge in [0, 0.05) is 6.54 Å². The van der Waals surface area contributed by atoms with Gasteiger partial charge >= 0.3 is 0 Å². The number of para-hydroxylation sites is 1. The van der Waals surface area contributed by atoms with Crippen molar-refractivity contribution >= 4 is 5.91 Å². The number of methoxy groups -OCH3 is 3. The van der Waals surface area contributed by atoms with Crippen LogP contribution in [0.3, 0.4) is 0 Å². The maximum Gasteiger partial charge on any atom is 0.263 e. The normalized spacial score (nSPS) is 15.5. The van der Waals surface area contributed by atoms with Gasteiger partial charge in [0.1, 0.15) is 23.9 Å². The number of rotatable bonds is 9. The van der Waals surface area contributed by atoms with E-state index in [0.29, 0.717) is 36.0 Å². The Hall–Kier alpha value is -3.87. The van der Waals surface area contributed by atoms with Gasteiger partial charge in [-0.05, 0) is 73.0 Å².